The average Bonchev–Trinajstić information content (AvgIpc) is 2.16. The highest BCUT2D eigenvalue weighted by Crippen LogP contribution is 2.16. The third-order valence-corrected chi connectivity index (χ3v) is 2.09. The molecule has 0 radical (unpaired) electrons. The van der Waals surface area contributed by atoms with E-state index >= 15 is 0 Å². The topological polar surface area (TPSA) is 47.3 Å². The quantitative estimate of drug-likeness (QED) is 0.537. The third kappa shape index (κ3) is 2.72. The van der Waals surface area contributed by atoms with E-state index in [1.54, 1.807) is 7.11 Å². The lowest BCUT2D eigenvalue weighted by atomic mass is 10.1. The van der Waals surface area contributed by atoms with E-state index in [0.29, 0.717) is 0 Å². The molecule has 0 saturated carbocycles. The van der Waals surface area contributed by atoms with Crippen LogP contribution in [0, 0.1) is 6.92 Å². The van der Waals surface area contributed by atoms with Crippen LogP contribution in [0.4, 0.5) is 0 Å². The van der Waals surface area contributed by atoms with Crippen molar-refractivity contribution < 1.29 is 4.74 Å². The summed E-state index contributed by atoms with van der Waals surface area (Å²) in [7, 11) is 1.68. The van der Waals surface area contributed by atoms with Gasteiger partial charge >= 0.3 is 0 Å². The molecular weight excluding hydrogens is 164 g/mol. The molecule has 0 bridgehead atoms. The summed E-state index contributed by atoms with van der Waals surface area (Å²) in [6, 6.07) is 6.08. The van der Waals surface area contributed by atoms with Gasteiger partial charge in [-0.25, -0.2) is 0 Å². The average molecular weight is 180 g/mol. The van der Waals surface area contributed by atoms with Crippen LogP contribution in [-0.2, 0) is 6.42 Å². The SMILES string of the molecule is COc1ccc(CCNN)c(C)c1. The van der Waals surface area contributed by atoms with Crippen LogP contribution in [0.1, 0.15) is 11.1 Å². The van der Waals surface area contributed by atoms with Gasteiger partial charge in [0.25, 0.3) is 0 Å². The second-order valence-electron chi connectivity index (χ2n) is 3.00. The zero-order chi connectivity index (χ0) is 9.68. The number of rotatable bonds is 4. The number of methoxy groups -OCH3 is 1. The standard InChI is InChI=1S/C10H16N2O/c1-8-7-10(13-2)4-3-9(8)5-6-12-11/h3-4,7,12H,5-6,11H2,1-2H3. The molecule has 1 rings (SSSR count). The summed E-state index contributed by atoms with van der Waals surface area (Å²) in [5.41, 5.74) is 5.19. The number of benzene rings is 1. The Morgan fingerprint density at radius 2 is 2.23 bits per heavy atom. The first-order valence-corrected chi connectivity index (χ1v) is 4.35. The first-order chi connectivity index (χ1) is 6.27. The molecule has 3 nitrogen and oxygen atoms in total. The van der Waals surface area contributed by atoms with Crippen LogP contribution < -0.4 is 16.0 Å². The maximum absolute atomic E-state index is 5.21. The van der Waals surface area contributed by atoms with Crippen LogP contribution in [0.15, 0.2) is 18.2 Å². The molecule has 0 atom stereocenters. The normalized spacial score (nSPS) is 10.1. The lowest BCUT2D eigenvalue weighted by molar-refractivity contribution is 0.414. The van der Waals surface area contributed by atoms with Gasteiger partial charge in [0.2, 0.25) is 0 Å². The van der Waals surface area contributed by atoms with Gasteiger partial charge in [-0.3, -0.25) is 11.3 Å². The van der Waals surface area contributed by atoms with E-state index in [9.17, 15) is 0 Å². The van der Waals surface area contributed by atoms with Gasteiger partial charge in [-0.15, -0.1) is 0 Å². The second-order valence-corrected chi connectivity index (χ2v) is 3.00. The number of nitrogens with two attached hydrogens (primary N) is 1. The van der Waals surface area contributed by atoms with Crippen molar-refractivity contribution in [2.75, 3.05) is 13.7 Å². The van der Waals surface area contributed by atoms with Crippen molar-refractivity contribution in [1.29, 1.82) is 0 Å². The lowest BCUT2D eigenvalue weighted by Crippen LogP contribution is -2.24. The summed E-state index contributed by atoms with van der Waals surface area (Å²) < 4.78 is 5.11. The molecule has 1 aromatic rings. The Kier molecular flexibility index (Phi) is 3.73. The zero-order valence-electron chi connectivity index (χ0n) is 8.13. The van der Waals surface area contributed by atoms with Crippen LogP contribution in [-0.4, -0.2) is 13.7 Å². The number of hydrazine groups is 1. The summed E-state index contributed by atoms with van der Waals surface area (Å²) in [5, 5.41) is 0. The van der Waals surface area contributed by atoms with Crippen molar-refractivity contribution in [2.45, 2.75) is 13.3 Å². The molecule has 0 aliphatic heterocycles. The fourth-order valence-electron chi connectivity index (χ4n) is 1.28. The van der Waals surface area contributed by atoms with E-state index in [2.05, 4.69) is 18.4 Å². The molecule has 0 amide bonds. The van der Waals surface area contributed by atoms with Gasteiger partial charge in [0.1, 0.15) is 5.75 Å². The van der Waals surface area contributed by atoms with Crippen LogP contribution in [0.2, 0.25) is 0 Å². The largest absolute Gasteiger partial charge is 0.497 e. The van der Waals surface area contributed by atoms with Crippen LogP contribution in [0.5, 0.6) is 5.75 Å². The lowest BCUT2D eigenvalue weighted by Gasteiger charge is -2.07. The molecule has 72 valence electrons. The minimum absolute atomic E-state index is 0.799. The smallest absolute Gasteiger partial charge is 0.119 e. The molecule has 3 N–H and O–H groups in total. The minimum Gasteiger partial charge on any atom is -0.497 e. The molecule has 0 aliphatic rings. The molecule has 0 fully saturated rings. The van der Waals surface area contributed by atoms with Crippen molar-refractivity contribution in [3.63, 3.8) is 0 Å². The number of hydrogen-bond donors (Lipinski definition) is 2. The van der Waals surface area contributed by atoms with E-state index < -0.39 is 0 Å². The molecule has 0 aromatic heterocycles. The van der Waals surface area contributed by atoms with Crippen LogP contribution >= 0.6 is 0 Å². The number of aryl methyl sites for hydroxylation is 1. The summed E-state index contributed by atoms with van der Waals surface area (Å²) in [4.78, 5) is 0. The zero-order valence-corrected chi connectivity index (χ0v) is 8.13. The number of hydrogen-bond acceptors (Lipinski definition) is 3. The van der Waals surface area contributed by atoms with Gasteiger partial charge in [0.15, 0.2) is 0 Å². The highest BCUT2D eigenvalue weighted by Gasteiger charge is 1.99. The molecule has 0 heterocycles. The molecule has 1 aromatic carbocycles. The van der Waals surface area contributed by atoms with E-state index in [-0.39, 0.29) is 0 Å². The number of nitrogens with one attached hydrogen (secondary N) is 1. The summed E-state index contributed by atoms with van der Waals surface area (Å²) >= 11 is 0. The maximum Gasteiger partial charge on any atom is 0.119 e. The Morgan fingerprint density at radius 1 is 1.46 bits per heavy atom. The van der Waals surface area contributed by atoms with Crippen LogP contribution in [0.25, 0.3) is 0 Å². The fraction of sp³-hybridized carbons (Fsp3) is 0.400. The van der Waals surface area contributed by atoms with Gasteiger partial charge in [-0.05, 0) is 36.6 Å². The Hall–Kier alpha value is -1.06. The molecular formula is C10H16N2O. The predicted molar refractivity (Wildman–Crippen MR) is 53.6 cm³/mol. The van der Waals surface area contributed by atoms with E-state index in [0.717, 1.165) is 18.7 Å². The molecule has 0 saturated heterocycles. The Bertz CT molecular complexity index is 274. The van der Waals surface area contributed by atoms with Crippen molar-refractivity contribution in [2.24, 2.45) is 5.84 Å². The molecule has 0 unspecified atom stereocenters. The van der Waals surface area contributed by atoms with Gasteiger partial charge < -0.3 is 4.74 Å². The highest BCUT2D eigenvalue weighted by molar-refractivity contribution is 5.34. The van der Waals surface area contributed by atoms with Gasteiger partial charge in [0.05, 0.1) is 7.11 Å². The number of ether oxygens (including phenoxy) is 1. The third-order valence-electron chi connectivity index (χ3n) is 2.09. The summed E-state index contributed by atoms with van der Waals surface area (Å²) in [5.74, 6) is 6.11. The highest BCUT2D eigenvalue weighted by atomic mass is 16.5. The predicted octanol–water partition coefficient (Wildman–Crippen LogP) is 1.01. The van der Waals surface area contributed by atoms with Crippen molar-refractivity contribution in [3.05, 3.63) is 29.3 Å². The van der Waals surface area contributed by atoms with Gasteiger partial charge in [-0.1, -0.05) is 6.07 Å². The molecule has 0 spiro atoms. The van der Waals surface area contributed by atoms with E-state index in [1.807, 2.05) is 12.1 Å². The van der Waals surface area contributed by atoms with Crippen molar-refractivity contribution in [1.82, 2.24) is 5.43 Å². The Morgan fingerprint density at radius 3 is 2.77 bits per heavy atom. The maximum atomic E-state index is 5.21. The van der Waals surface area contributed by atoms with Gasteiger partial charge in [-0.2, -0.15) is 0 Å². The van der Waals surface area contributed by atoms with E-state index in [4.69, 9.17) is 10.6 Å². The monoisotopic (exact) mass is 180 g/mol. The van der Waals surface area contributed by atoms with Crippen molar-refractivity contribution in [3.8, 4) is 5.75 Å². The fourth-order valence-corrected chi connectivity index (χ4v) is 1.28. The second kappa shape index (κ2) is 4.84. The Labute approximate surface area is 78.9 Å². The molecule has 0 aliphatic carbocycles. The summed E-state index contributed by atoms with van der Waals surface area (Å²) in [6.45, 7) is 2.88. The van der Waals surface area contributed by atoms with E-state index in [1.165, 1.54) is 11.1 Å². The first kappa shape index (κ1) is 10.0. The molecule has 3 heteroatoms. The Balaban J connectivity index is 2.73. The van der Waals surface area contributed by atoms with Crippen molar-refractivity contribution >= 4 is 0 Å². The first-order valence-electron chi connectivity index (χ1n) is 4.35. The minimum atomic E-state index is 0.799. The molecule has 13 heavy (non-hydrogen) atoms. The summed E-state index contributed by atoms with van der Waals surface area (Å²) in [6.07, 6.45) is 0.951. The van der Waals surface area contributed by atoms with Gasteiger partial charge in [0, 0.05) is 6.54 Å². The van der Waals surface area contributed by atoms with Crippen LogP contribution in [0.3, 0.4) is 0 Å².